The van der Waals surface area contributed by atoms with E-state index in [4.69, 9.17) is 11.6 Å². The Kier molecular flexibility index (Phi) is 1.86. The highest BCUT2D eigenvalue weighted by Crippen LogP contribution is 2.08. The molecule has 0 radical (unpaired) electrons. The summed E-state index contributed by atoms with van der Waals surface area (Å²) in [6, 6.07) is 0.0116. The Bertz CT molecular complexity index is 246. The number of amides is 1. The highest BCUT2D eigenvalue weighted by molar-refractivity contribution is 6.27. The monoisotopic (exact) mass is 161 g/mol. The van der Waals surface area contributed by atoms with Crippen molar-refractivity contribution in [2.75, 3.05) is 5.32 Å². The van der Waals surface area contributed by atoms with Crippen molar-refractivity contribution in [2.24, 2.45) is 0 Å². The molecule has 0 saturated carbocycles. The van der Waals surface area contributed by atoms with Crippen LogP contribution in [0.3, 0.4) is 0 Å². The molecule has 0 aliphatic rings. The number of carbonyl (C=O) groups is 1. The van der Waals surface area contributed by atoms with Gasteiger partial charge in [0.15, 0.2) is 0 Å². The van der Waals surface area contributed by atoms with Crippen molar-refractivity contribution in [2.45, 2.75) is 6.92 Å². The zero-order valence-corrected chi connectivity index (χ0v) is 5.84. The summed E-state index contributed by atoms with van der Waals surface area (Å²) in [7, 11) is 0. The second kappa shape index (κ2) is 2.66. The fraction of sp³-hybridized carbons (Fsp3) is 0.250. The number of halogens is 1. The molecule has 54 valence electrons. The second-order valence-corrected chi connectivity index (χ2v) is 1.86. The number of hydrogen-bond donors (Lipinski definition) is 1. The van der Waals surface area contributed by atoms with Gasteiger partial charge in [0, 0.05) is 6.92 Å². The number of rotatable bonds is 1. The van der Waals surface area contributed by atoms with Crippen molar-refractivity contribution >= 4 is 23.5 Å². The van der Waals surface area contributed by atoms with Crippen LogP contribution in [0.5, 0.6) is 0 Å². The van der Waals surface area contributed by atoms with Gasteiger partial charge in [-0.05, 0) is 11.6 Å². The molecule has 1 rings (SSSR count). The van der Waals surface area contributed by atoms with Gasteiger partial charge >= 0.3 is 11.4 Å². The van der Waals surface area contributed by atoms with Gasteiger partial charge in [0.2, 0.25) is 5.91 Å². The number of nitrogens with zero attached hydrogens (tertiary/aromatic N) is 2. The first kappa shape index (κ1) is 7.01. The molecular weight excluding hydrogens is 158 g/mol. The highest BCUT2D eigenvalue weighted by Gasteiger charge is 2.02. The number of hydrogen-bond acceptors (Lipinski definition) is 4. The van der Waals surface area contributed by atoms with Crippen LogP contribution in [0.15, 0.2) is 4.42 Å². The number of carbonyl (C=O) groups excluding carboxylic acids is 1. The van der Waals surface area contributed by atoms with E-state index in [-0.39, 0.29) is 17.3 Å². The molecule has 0 unspecified atom stereocenters. The Morgan fingerprint density at radius 2 is 2.40 bits per heavy atom. The van der Waals surface area contributed by atoms with E-state index in [0.717, 1.165) is 0 Å². The van der Waals surface area contributed by atoms with Crippen LogP contribution < -0.4 is 5.32 Å². The van der Waals surface area contributed by atoms with E-state index in [1.165, 1.54) is 6.92 Å². The summed E-state index contributed by atoms with van der Waals surface area (Å²) in [5.41, 5.74) is 0. The SMILES string of the molecule is CC(=O)Nc1nnc(Cl)o1. The normalized spacial score (nSPS) is 9.40. The summed E-state index contributed by atoms with van der Waals surface area (Å²) in [6.45, 7) is 1.33. The molecule has 10 heavy (non-hydrogen) atoms. The van der Waals surface area contributed by atoms with E-state index in [1.807, 2.05) is 0 Å². The largest absolute Gasteiger partial charge is 0.394 e. The molecule has 0 saturated heterocycles. The van der Waals surface area contributed by atoms with Gasteiger partial charge in [-0.25, -0.2) is 0 Å². The molecule has 0 aliphatic heterocycles. The highest BCUT2D eigenvalue weighted by atomic mass is 35.5. The molecular formula is C4H4ClN3O2. The minimum absolute atomic E-state index is 0.0116. The van der Waals surface area contributed by atoms with Crippen LogP contribution in [0.2, 0.25) is 5.35 Å². The van der Waals surface area contributed by atoms with Gasteiger partial charge in [-0.15, -0.1) is 0 Å². The maximum Gasteiger partial charge on any atom is 0.323 e. The van der Waals surface area contributed by atoms with Crippen LogP contribution in [-0.2, 0) is 4.79 Å². The van der Waals surface area contributed by atoms with E-state index in [1.54, 1.807) is 0 Å². The molecule has 1 heterocycles. The summed E-state index contributed by atoms with van der Waals surface area (Å²) in [6.07, 6.45) is 0. The second-order valence-electron chi connectivity index (χ2n) is 1.54. The summed E-state index contributed by atoms with van der Waals surface area (Å²) in [5, 5.41) is 8.85. The third-order valence-corrected chi connectivity index (χ3v) is 0.836. The van der Waals surface area contributed by atoms with Gasteiger partial charge in [-0.2, -0.15) is 0 Å². The molecule has 0 bridgehead atoms. The summed E-state index contributed by atoms with van der Waals surface area (Å²) >= 11 is 5.25. The lowest BCUT2D eigenvalue weighted by Gasteiger charge is -1.88. The van der Waals surface area contributed by atoms with Gasteiger partial charge in [0.05, 0.1) is 0 Å². The summed E-state index contributed by atoms with van der Waals surface area (Å²) in [5.74, 6) is -0.277. The molecule has 1 amide bonds. The van der Waals surface area contributed by atoms with Crippen LogP contribution in [0.25, 0.3) is 0 Å². The molecule has 0 atom stereocenters. The zero-order chi connectivity index (χ0) is 7.56. The van der Waals surface area contributed by atoms with Crippen LogP contribution in [0.4, 0.5) is 6.01 Å². The topological polar surface area (TPSA) is 68.0 Å². The Morgan fingerprint density at radius 1 is 1.70 bits per heavy atom. The van der Waals surface area contributed by atoms with E-state index < -0.39 is 0 Å². The van der Waals surface area contributed by atoms with Crippen molar-refractivity contribution in [1.29, 1.82) is 0 Å². The fourth-order valence-corrected chi connectivity index (χ4v) is 0.517. The molecule has 1 N–H and O–H groups in total. The first-order valence-electron chi connectivity index (χ1n) is 2.45. The Balaban J connectivity index is 2.67. The lowest BCUT2D eigenvalue weighted by Crippen LogP contribution is -2.05. The van der Waals surface area contributed by atoms with Gasteiger partial charge in [-0.3, -0.25) is 10.1 Å². The van der Waals surface area contributed by atoms with Gasteiger partial charge < -0.3 is 4.42 Å². The predicted molar refractivity (Wildman–Crippen MR) is 33.6 cm³/mol. The van der Waals surface area contributed by atoms with Crippen molar-refractivity contribution in [3.05, 3.63) is 5.35 Å². The third kappa shape index (κ3) is 1.70. The lowest BCUT2D eigenvalue weighted by molar-refractivity contribution is -0.114. The third-order valence-electron chi connectivity index (χ3n) is 0.683. The average Bonchev–Trinajstić information content (AvgIpc) is 2.13. The number of nitrogens with one attached hydrogen (secondary N) is 1. The van der Waals surface area contributed by atoms with Crippen LogP contribution in [0, 0.1) is 0 Å². The molecule has 5 nitrogen and oxygen atoms in total. The quantitative estimate of drug-likeness (QED) is 0.658. The standard InChI is InChI=1S/C4H4ClN3O2/c1-2(9)6-4-8-7-3(5)10-4/h1H3,(H,6,8,9). The van der Waals surface area contributed by atoms with E-state index in [2.05, 4.69) is 19.9 Å². The summed E-state index contributed by atoms with van der Waals surface area (Å²) < 4.78 is 4.61. The van der Waals surface area contributed by atoms with Crippen molar-refractivity contribution < 1.29 is 9.21 Å². The average molecular weight is 162 g/mol. The van der Waals surface area contributed by atoms with Gasteiger partial charge in [0.25, 0.3) is 0 Å². The Labute approximate surface area is 61.4 Å². The Hall–Kier alpha value is -1.10. The molecule has 0 aromatic carbocycles. The number of aromatic nitrogens is 2. The van der Waals surface area contributed by atoms with Crippen molar-refractivity contribution in [1.82, 2.24) is 10.2 Å². The van der Waals surface area contributed by atoms with Crippen molar-refractivity contribution in [3.63, 3.8) is 0 Å². The molecule has 1 aromatic heterocycles. The van der Waals surface area contributed by atoms with Crippen LogP contribution in [-0.4, -0.2) is 16.1 Å². The number of anilines is 1. The van der Waals surface area contributed by atoms with Gasteiger partial charge in [-0.1, -0.05) is 10.2 Å². The zero-order valence-electron chi connectivity index (χ0n) is 5.09. The van der Waals surface area contributed by atoms with E-state index in [9.17, 15) is 4.79 Å². The molecule has 0 spiro atoms. The van der Waals surface area contributed by atoms with E-state index >= 15 is 0 Å². The van der Waals surface area contributed by atoms with Crippen LogP contribution in [0.1, 0.15) is 6.92 Å². The first-order chi connectivity index (χ1) is 4.68. The minimum Gasteiger partial charge on any atom is -0.394 e. The smallest absolute Gasteiger partial charge is 0.323 e. The summed E-state index contributed by atoms with van der Waals surface area (Å²) in [4.78, 5) is 10.3. The molecule has 1 aromatic rings. The molecule has 0 aliphatic carbocycles. The van der Waals surface area contributed by atoms with Gasteiger partial charge in [0.1, 0.15) is 0 Å². The van der Waals surface area contributed by atoms with Crippen molar-refractivity contribution in [3.8, 4) is 0 Å². The molecule has 6 heteroatoms. The maximum atomic E-state index is 10.3. The lowest BCUT2D eigenvalue weighted by atomic mass is 10.7. The predicted octanol–water partition coefficient (Wildman–Crippen LogP) is 0.681. The first-order valence-corrected chi connectivity index (χ1v) is 2.83. The van der Waals surface area contributed by atoms with E-state index in [0.29, 0.717) is 0 Å². The molecule has 0 fully saturated rings. The Morgan fingerprint density at radius 3 is 2.80 bits per heavy atom. The van der Waals surface area contributed by atoms with Crippen LogP contribution >= 0.6 is 11.6 Å². The minimum atomic E-state index is -0.277. The fourth-order valence-electron chi connectivity index (χ4n) is 0.406. The maximum absolute atomic E-state index is 10.3.